The van der Waals surface area contributed by atoms with Crippen molar-refractivity contribution in [3.8, 4) is 0 Å². The van der Waals surface area contributed by atoms with E-state index in [2.05, 4.69) is 0 Å². The van der Waals surface area contributed by atoms with E-state index in [1.807, 2.05) is 0 Å². The van der Waals surface area contributed by atoms with Crippen molar-refractivity contribution in [2.45, 2.75) is 19.3 Å². The summed E-state index contributed by atoms with van der Waals surface area (Å²) in [6.45, 7) is 0.696. The zero-order chi connectivity index (χ0) is 7.40. The number of carbonyl (C=O) groups excluding carboxylic acids is 1. The molecule has 3 heteroatoms. The lowest BCUT2D eigenvalue weighted by molar-refractivity contribution is -0.149. The predicted molar refractivity (Wildman–Crippen MR) is 35.4 cm³/mol. The van der Waals surface area contributed by atoms with Gasteiger partial charge in [0.05, 0.1) is 6.61 Å². The molecule has 1 heterocycles. The molecule has 1 atom stereocenters. The quantitative estimate of drug-likeness (QED) is 0.568. The van der Waals surface area contributed by atoms with Crippen molar-refractivity contribution in [1.82, 2.24) is 0 Å². The molecular weight excluding hydrogens is 132 g/mol. The van der Waals surface area contributed by atoms with Crippen molar-refractivity contribution in [1.29, 1.82) is 0 Å². The third-order valence-electron chi connectivity index (χ3n) is 1.77. The van der Waals surface area contributed by atoms with Gasteiger partial charge in [-0.05, 0) is 18.8 Å². The molecule has 0 aliphatic carbocycles. The first-order valence-electron chi connectivity index (χ1n) is 3.59. The Hall–Kier alpha value is -0.570. The smallest absolute Gasteiger partial charge is 0.305 e. The number of carbonyl (C=O) groups is 1. The van der Waals surface area contributed by atoms with E-state index in [1.165, 1.54) is 0 Å². The molecule has 1 aliphatic rings. The van der Waals surface area contributed by atoms with Crippen LogP contribution in [0.4, 0.5) is 0 Å². The Morgan fingerprint density at radius 2 is 2.50 bits per heavy atom. The minimum atomic E-state index is -0.103. The number of cyclic esters (lactones) is 1. The van der Waals surface area contributed by atoms with Gasteiger partial charge in [0.15, 0.2) is 0 Å². The standard InChI is InChI=1S/C7H12O3/c8-4-3-6-1-2-7(9)10-5-6/h6,8H,1-5H2/t6-/m0/s1. The van der Waals surface area contributed by atoms with Gasteiger partial charge in [0.25, 0.3) is 0 Å². The monoisotopic (exact) mass is 144 g/mol. The number of aliphatic hydroxyl groups is 1. The van der Waals surface area contributed by atoms with Crippen molar-refractivity contribution in [3.63, 3.8) is 0 Å². The van der Waals surface area contributed by atoms with Gasteiger partial charge in [-0.2, -0.15) is 0 Å². The number of rotatable bonds is 2. The molecule has 1 saturated heterocycles. The third kappa shape index (κ3) is 1.99. The highest BCUT2D eigenvalue weighted by molar-refractivity contribution is 5.69. The van der Waals surface area contributed by atoms with Crippen molar-refractivity contribution < 1.29 is 14.6 Å². The number of esters is 1. The molecule has 0 aromatic heterocycles. The first-order valence-corrected chi connectivity index (χ1v) is 3.59. The zero-order valence-corrected chi connectivity index (χ0v) is 5.88. The highest BCUT2D eigenvalue weighted by atomic mass is 16.5. The Kier molecular flexibility index (Phi) is 2.68. The molecule has 58 valence electrons. The van der Waals surface area contributed by atoms with Gasteiger partial charge in [-0.25, -0.2) is 0 Å². The molecule has 0 bridgehead atoms. The first kappa shape index (κ1) is 7.54. The SMILES string of the molecule is O=C1CC[C@@H](CCO)CO1. The minimum Gasteiger partial charge on any atom is -0.465 e. The summed E-state index contributed by atoms with van der Waals surface area (Å²) in [5.74, 6) is 0.289. The topological polar surface area (TPSA) is 46.5 Å². The van der Waals surface area contributed by atoms with Crippen LogP contribution in [0.1, 0.15) is 19.3 Å². The summed E-state index contributed by atoms with van der Waals surface area (Å²) >= 11 is 0. The highest BCUT2D eigenvalue weighted by Crippen LogP contribution is 2.16. The minimum absolute atomic E-state index is 0.103. The summed E-state index contributed by atoms with van der Waals surface area (Å²) in [4.78, 5) is 10.5. The summed E-state index contributed by atoms with van der Waals surface area (Å²) in [6, 6.07) is 0. The summed E-state index contributed by atoms with van der Waals surface area (Å²) in [7, 11) is 0. The number of aliphatic hydroxyl groups excluding tert-OH is 1. The van der Waals surface area contributed by atoms with Gasteiger partial charge in [-0.15, -0.1) is 0 Å². The van der Waals surface area contributed by atoms with Crippen LogP contribution in [-0.4, -0.2) is 24.3 Å². The van der Waals surface area contributed by atoms with Crippen LogP contribution in [0, 0.1) is 5.92 Å². The Labute approximate surface area is 60.0 Å². The van der Waals surface area contributed by atoms with Crippen LogP contribution in [0.25, 0.3) is 0 Å². The Balaban J connectivity index is 2.19. The van der Waals surface area contributed by atoms with Gasteiger partial charge < -0.3 is 9.84 Å². The average Bonchev–Trinajstić information content (AvgIpc) is 1.95. The van der Waals surface area contributed by atoms with Crippen LogP contribution in [0.3, 0.4) is 0 Å². The first-order chi connectivity index (χ1) is 4.83. The second-order valence-corrected chi connectivity index (χ2v) is 2.60. The largest absolute Gasteiger partial charge is 0.465 e. The van der Waals surface area contributed by atoms with E-state index >= 15 is 0 Å². The average molecular weight is 144 g/mol. The summed E-state index contributed by atoms with van der Waals surface area (Å²) in [5, 5.41) is 8.54. The van der Waals surface area contributed by atoms with E-state index in [4.69, 9.17) is 9.84 Å². The lowest BCUT2D eigenvalue weighted by atomic mass is 9.99. The van der Waals surface area contributed by atoms with Gasteiger partial charge >= 0.3 is 5.97 Å². The number of hydrogen-bond acceptors (Lipinski definition) is 3. The summed E-state index contributed by atoms with van der Waals surface area (Å²) < 4.78 is 4.79. The van der Waals surface area contributed by atoms with Crippen molar-refractivity contribution >= 4 is 5.97 Å². The third-order valence-corrected chi connectivity index (χ3v) is 1.77. The lowest BCUT2D eigenvalue weighted by Gasteiger charge is -2.20. The lowest BCUT2D eigenvalue weighted by Crippen LogP contribution is -2.22. The second-order valence-electron chi connectivity index (χ2n) is 2.60. The summed E-state index contributed by atoms with van der Waals surface area (Å²) in [5.41, 5.74) is 0. The maximum atomic E-state index is 10.5. The Bertz CT molecular complexity index is 112. The molecule has 0 amide bonds. The maximum Gasteiger partial charge on any atom is 0.305 e. The summed E-state index contributed by atoms with van der Waals surface area (Å²) in [6.07, 6.45) is 2.15. The molecule has 1 rings (SSSR count). The number of ether oxygens (including phenoxy) is 1. The molecule has 3 nitrogen and oxygen atoms in total. The zero-order valence-electron chi connectivity index (χ0n) is 5.88. The second kappa shape index (κ2) is 3.56. The molecule has 10 heavy (non-hydrogen) atoms. The Morgan fingerprint density at radius 3 is 3.00 bits per heavy atom. The fraction of sp³-hybridized carbons (Fsp3) is 0.857. The van der Waals surface area contributed by atoms with Crippen molar-refractivity contribution in [3.05, 3.63) is 0 Å². The van der Waals surface area contributed by atoms with Crippen molar-refractivity contribution in [2.24, 2.45) is 5.92 Å². The van der Waals surface area contributed by atoms with E-state index in [9.17, 15) is 4.79 Å². The van der Waals surface area contributed by atoms with Gasteiger partial charge in [0.1, 0.15) is 0 Å². The molecule has 0 unspecified atom stereocenters. The maximum absolute atomic E-state index is 10.5. The van der Waals surface area contributed by atoms with Gasteiger partial charge in [0, 0.05) is 13.0 Å². The van der Waals surface area contributed by atoms with Crippen LogP contribution in [0.5, 0.6) is 0 Å². The van der Waals surface area contributed by atoms with E-state index < -0.39 is 0 Å². The Morgan fingerprint density at radius 1 is 1.70 bits per heavy atom. The molecular formula is C7H12O3. The highest BCUT2D eigenvalue weighted by Gasteiger charge is 2.18. The van der Waals surface area contributed by atoms with Gasteiger partial charge in [-0.1, -0.05) is 0 Å². The molecule has 0 aromatic carbocycles. The van der Waals surface area contributed by atoms with E-state index in [1.54, 1.807) is 0 Å². The van der Waals surface area contributed by atoms with Gasteiger partial charge in [0.2, 0.25) is 0 Å². The van der Waals surface area contributed by atoms with E-state index in [-0.39, 0.29) is 12.6 Å². The molecule has 1 N–H and O–H groups in total. The normalized spacial score (nSPS) is 26.1. The molecule has 1 fully saturated rings. The van der Waals surface area contributed by atoms with Gasteiger partial charge in [-0.3, -0.25) is 4.79 Å². The van der Waals surface area contributed by atoms with Crippen LogP contribution >= 0.6 is 0 Å². The molecule has 0 saturated carbocycles. The molecule has 0 spiro atoms. The molecule has 0 radical (unpaired) electrons. The van der Waals surface area contributed by atoms with Crippen LogP contribution in [0.15, 0.2) is 0 Å². The van der Waals surface area contributed by atoms with Crippen LogP contribution in [-0.2, 0) is 9.53 Å². The fourth-order valence-electron chi connectivity index (χ4n) is 1.10. The van der Waals surface area contributed by atoms with Crippen LogP contribution in [0.2, 0.25) is 0 Å². The fourth-order valence-corrected chi connectivity index (χ4v) is 1.10. The predicted octanol–water partition coefficient (Wildman–Crippen LogP) is 0.322. The molecule has 0 aromatic rings. The molecule has 1 aliphatic heterocycles. The van der Waals surface area contributed by atoms with E-state index in [0.717, 1.165) is 12.8 Å². The number of hydrogen-bond donors (Lipinski definition) is 1. The van der Waals surface area contributed by atoms with Crippen molar-refractivity contribution in [2.75, 3.05) is 13.2 Å². The van der Waals surface area contributed by atoms with E-state index in [0.29, 0.717) is 18.9 Å². The van der Waals surface area contributed by atoms with Crippen LogP contribution < -0.4 is 0 Å².